The second-order valence-electron chi connectivity index (χ2n) is 8.47. The number of amides is 4. The molecule has 0 radical (unpaired) electrons. The van der Waals surface area contributed by atoms with E-state index in [1.165, 1.54) is 30.3 Å². The average Bonchev–Trinajstić information content (AvgIpc) is 2.91. The number of benzene rings is 4. The number of nitrogens with zero attached hydrogens (tertiary/aromatic N) is 2. The highest BCUT2D eigenvalue weighted by Gasteiger charge is 2.37. The predicted molar refractivity (Wildman–Crippen MR) is 152 cm³/mol. The smallest absolute Gasteiger partial charge is 0.335 e. The van der Waals surface area contributed by atoms with E-state index in [9.17, 15) is 24.5 Å². The number of fused-ring (bicyclic) bond motifs is 1. The number of halogens is 2. The second-order valence-corrected chi connectivity index (χ2v) is 10.2. The third-order valence-electron chi connectivity index (χ3n) is 6.00. The van der Waals surface area contributed by atoms with Gasteiger partial charge in [0.15, 0.2) is 0 Å². The van der Waals surface area contributed by atoms with Crippen LogP contribution >= 0.6 is 31.9 Å². The van der Waals surface area contributed by atoms with Crippen LogP contribution in [0.25, 0.3) is 16.8 Å². The van der Waals surface area contributed by atoms with Gasteiger partial charge in [-0.05, 0) is 84.1 Å². The summed E-state index contributed by atoms with van der Waals surface area (Å²) in [4.78, 5) is 49.3. The highest BCUT2D eigenvalue weighted by atomic mass is 79.9. The second kappa shape index (κ2) is 10.8. The molecule has 0 saturated carbocycles. The van der Waals surface area contributed by atoms with E-state index < -0.39 is 22.8 Å². The van der Waals surface area contributed by atoms with Crippen LogP contribution in [0.3, 0.4) is 0 Å². The van der Waals surface area contributed by atoms with Crippen LogP contribution < -0.4 is 15.0 Å². The number of imide groups is 2. The zero-order valence-corrected chi connectivity index (χ0v) is 23.1. The van der Waals surface area contributed by atoms with E-state index >= 15 is 0 Å². The molecule has 1 aliphatic heterocycles. The number of urea groups is 1. The van der Waals surface area contributed by atoms with E-state index in [4.69, 9.17) is 4.74 Å². The van der Waals surface area contributed by atoms with Crippen LogP contribution in [0.5, 0.6) is 5.75 Å². The third kappa shape index (κ3) is 5.31. The number of rotatable bonds is 6. The van der Waals surface area contributed by atoms with Gasteiger partial charge in [0.1, 0.15) is 17.9 Å². The topological polar surface area (TPSA) is 119 Å². The molecule has 0 aromatic heterocycles. The molecule has 0 spiro atoms. The number of non-ortho nitro benzene ring substituents is 1. The van der Waals surface area contributed by atoms with Crippen molar-refractivity contribution in [2.45, 2.75) is 6.61 Å². The molecule has 0 unspecified atom stereocenters. The number of anilines is 1. The number of barbiturate groups is 1. The monoisotopic (exact) mass is 649 g/mol. The van der Waals surface area contributed by atoms with E-state index in [1.54, 1.807) is 12.1 Å². The molecule has 0 aliphatic carbocycles. The lowest BCUT2D eigenvalue weighted by atomic mass is 10.1. The molecule has 1 aliphatic rings. The van der Waals surface area contributed by atoms with E-state index in [0.29, 0.717) is 26.9 Å². The maximum atomic E-state index is 13.2. The van der Waals surface area contributed by atoms with Crippen LogP contribution in [0.2, 0.25) is 0 Å². The summed E-state index contributed by atoms with van der Waals surface area (Å²) in [6.45, 7) is 0.312. The van der Waals surface area contributed by atoms with Gasteiger partial charge in [-0.3, -0.25) is 25.0 Å². The van der Waals surface area contributed by atoms with Gasteiger partial charge in [-0.25, -0.2) is 9.69 Å². The van der Waals surface area contributed by atoms with Crippen molar-refractivity contribution in [2.24, 2.45) is 0 Å². The molecule has 5 rings (SSSR count). The van der Waals surface area contributed by atoms with Crippen molar-refractivity contribution in [1.82, 2.24) is 5.32 Å². The highest BCUT2D eigenvalue weighted by Crippen LogP contribution is 2.37. The first-order valence-electron chi connectivity index (χ1n) is 11.5. The summed E-state index contributed by atoms with van der Waals surface area (Å²) in [6.07, 6.45) is 1.35. The quantitative estimate of drug-likeness (QED) is 0.110. The molecular formula is C28H17Br2N3O6. The molecule has 194 valence electrons. The lowest BCUT2D eigenvalue weighted by molar-refractivity contribution is -0.384. The normalized spacial score (nSPS) is 14.6. The zero-order chi connectivity index (χ0) is 27.7. The lowest BCUT2D eigenvalue weighted by Gasteiger charge is -2.26. The van der Waals surface area contributed by atoms with E-state index in [-0.39, 0.29) is 16.9 Å². The van der Waals surface area contributed by atoms with Crippen molar-refractivity contribution in [1.29, 1.82) is 0 Å². The number of nitro groups is 1. The Morgan fingerprint density at radius 3 is 2.28 bits per heavy atom. The molecule has 4 amide bonds. The van der Waals surface area contributed by atoms with Crippen molar-refractivity contribution in [3.63, 3.8) is 0 Å². The number of ether oxygens (including phenoxy) is 1. The average molecular weight is 651 g/mol. The Labute approximate surface area is 238 Å². The molecule has 0 bridgehead atoms. The number of nitrogens with one attached hydrogen (secondary N) is 1. The SMILES string of the molecule is O=C1NC(=O)N(c2ccc([N+](=O)[O-])cc2)C(=O)/C1=C/c1cc(Br)c(OCc2cccc3ccccc23)c(Br)c1. The fourth-order valence-electron chi connectivity index (χ4n) is 4.15. The Morgan fingerprint density at radius 1 is 0.923 bits per heavy atom. The molecule has 0 atom stereocenters. The van der Waals surface area contributed by atoms with Crippen molar-refractivity contribution in [3.8, 4) is 5.75 Å². The number of carbonyl (C=O) groups is 3. The minimum absolute atomic E-state index is 0.0843. The molecule has 39 heavy (non-hydrogen) atoms. The predicted octanol–water partition coefficient (Wildman–Crippen LogP) is 6.52. The van der Waals surface area contributed by atoms with Crippen LogP contribution in [0.4, 0.5) is 16.2 Å². The first kappa shape index (κ1) is 26.3. The van der Waals surface area contributed by atoms with Gasteiger partial charge in [0.2, 0.25) is 0 Å². The molecular weight excluding hydrogens is 634 g/mol. The number of nitro benzene ring substituents is 1. The van der Waals surface area contributed by atoms with E-state index in [2.05, 4.69) is 37.2 Å². The Kier molecular flexibility index (Phi) is 7.27. The van der Waals surface area contributed by atoms with Crippen molar-refractivity contribution < 1.29 is 24.0 Å². The highest BCUT2D eigenvalue weighted by molar-refractivity contribution is 9.11. The largest absolute Gasteiger partial charge is 0.487 e. The van der Waals surface area contributed by atoms with Gasteiger partial charge in [-0.1, -0.05) is 42.5 Å². The van der Waals surface area contributed by atoms with Crippen LogP contribution in [-0.4, -0.2) is 22.8 Å². The minimum atomic E-state index is -0.949. The summed E-state index contributed by atoms with van der Waals surface area (Å²) >= 11 is 7.01. The Morgan fingerprint density at radius 2 is 1.59 bits per heavy atom. The summed E-state index contributed by atoms with van der Waals surface area (Å²) in [5.74, 6) is -1.18. The number of carbonyl (C=O) groups excluding carboxylic acids is 3. The van der Waals surface area contributed by atoms with Crippen LogP contribution in [0, 0.1) is 10.1 Å². The van der Waals surface area contributed by atoms with Crippen molar-refractivity contribution in [2.75, 3.05) is 4.90 Å². The van der Waals surface area contributed by atoms with Gasteiger partial charge < -0.3 is 4.74 Å². The van der Waals surface area contributed by atoms with Gasteiger partial charge in [-0.2, -0.15) is 0 Å². The number of hydrogen-bond donors (Lipinski definition) is 1. The van der Waals surface area contributed by atoms with Crippen molar-refractivity contribution in [3.05, 3.63) is 115 Å². The molecule has 1 saturated heterocycles. The van der Waals surface area contributed by atoms with Crippen LogP contribution in [0.15, 0.2) is 93.4 Å². The Bertz CT molecular complexity index is 1670. The van der Waals surface area contributed by atoms with Gasteiger partial charge in [-0.15, -0.1) is 0 Å². The lowest BCUT2D eigenvalue weighted by Crippen LogP contribution is -2.54. The maximum absolute atomic E-state index is 13.2. The van der Waals surface area contributed by atoms with Gasteiger partial charge >= 0.3 is 6.03 Å². The third-order valence-corrected chi connectivity index (χ3v) is 7.18. The fraction of sp³-hybridized carbons (Fsp3) is 0.0357. The van der Waals surface area contributed by atoms with Gasteiger partial charge in [0, 0.05) is 12.1 Å². The fourth-order valence-corrected chi connectivity index (χ4v) is 5.60. The van der Waals surface area contributed by atoms with Crippen LogP contribution in [-0.2, 0) is 16.2 Å². The van der Waals surface area contributed by atoms with E-state index in [0.717, 1.165) is 21.2 Å². The molecule has 9 nitrogen and oxygen atoms in total. The Balaban J connectivity index is 1.40. The Hall–Kier alpha value is -4.35. The van der Waals surface area contributed by atoms with Gasteiger partial charge in [0.25, 0.3) is 17.5 Å². The molecule has 1 N–H and O–H groups in total. The molecule has 1 heterocycles. The summed E-state index contributed by atoms with van der Waals surface area (Å²) in [5.41, 5.74) is 1.10. The molecule has 4 aromatic carbocycles. The summed E-state index contributed by atoms with van der Waals surface area (Å²) in [5, 5.41) is 15.3. The molecule has 4 aromatic rings. The maximum Gasteiger partial charge on any atom is 0.335 e. The molecule has 11 heteroatoms. The standard InChI is InChI=1S/C28H17Br2N3O6/c29-23-13-16(14-24(30)25(23)39-15-18-6-3-5-17-4-1-2-7-21(17)18)12-22-26(34)31-28(36)32(27(22)35)19-8-10-20(11-9-19)33(37)38/h1-14H,15H2,(H,31,34,36)/b22-12+. The summed E-state index contributed by atoms with van der Waals surface area (Å²) in [7, 11) is 0. The first-order chi connectivity index (χ1) is 18.7. The zero-order valence-electron chi connectivity index (χ0n) is 19.9. The van der Waals surface area contributed by atoms with E-state index in [1.807, 2.05) is 42.5 Å². The van der Waals surface area contributed by atoms with Gasteiger partial charge in [0.05, 0.1) is 19.6 Å². The van der Waals surface area contributed by atoms with Crippen LogP contribution in [0.1, 0.15) is 11.1 Å². The van der Waals surface area contributed by atoms with Crippen molar-refractivity contribution >= 4 is 77.9 Å². The number of hydrogen-bond acceptors (Lipinski definition) is 6. The first-order valence-corrected chi connectivity index (χ1v) is 13.1. The molecule has 1 fully saturated rings. The minimum Gasteiger partial charge on any atom is -0.487 e. The summed E-state index contributed by atoms with van der Waals surface area (Å²) < 4.78 is 7.26. The summed E-state index contributed by atoms with van der Waals surface area (Å²) in [6, 6.07) is 21.3.